The number of esters is 1. The maximum atomic E-state index is 11.8. The second-order valence-electron chi connectivity index (χ2n) is 4.18. The van der Waals surface area contributed by atoms with Crippen molar-refractivity contribution in [3.8, 4) is 5.75 Å². The summed E-state index contributed by atoms with van der Waals surface area (Å²) in [5, 5.41) is 0. The van der Waals surface area contributed by atoms with Crippen LogP contribution in [-0.4, -0.2) is 18.7 Å². The van der Waals surface area contributed by atoms with Gasteiger partial charge >= 0.3 is 5.97 Å². The molecule has 0 spiro atoms. The van der Waals surface area contributed by atoms with E-state index in [-0.39, 0.29) is 5.97 Å². The average molecular weight is 330 g/mol. The Morgan fingerprint density at radius 1 is 1.42 bits per heavy atom. The highest BCUT2D eigenvalue weighted by Gasteiger charge is 2.21. The molecule has 1 aromatic rings. The number of halogens is 1. The predicted molar refractivity (Wildman–Crippen MR) is 78.1 cm³/mol. The Labute approximate surface area is 122 Å². The molecule has 0 radical (unpaired) electrons. The fourth-order valence-corrected chi connectivity index (χ4v) is 2.41. The number of hydrogen-bond donors (Lipinski definition) is 1. The average Bonchev–Trinajstić information content (AvgIpc) is 2.37. The van der Waals surface area contributed by atoms with Gasteiger partial charge in [0, 0.05) is 16.6 Å². The van der Waals surface area contributed by atoms with Crippen molar-refractivity contribution in [2.24, 2.45) is 5.73 Å². The number of nitrogens with two attached hydrogens (primary N) is 1. The Morgan fingerprint density at radius 2 is 2.11 bits per heavy atom. The zero-order valence-electron chi connectivity index (χ0n) is 11.5. The summed E-state index contributed by atoms with van der Waals surface area (Å²) < 4.78 is 11.8. The van der Waals surface area contributed by atoms with Gasteiger partial charge in [-0.05, 0) is 38.0 Å². The van der Waals surface area contributed by atoms with Crippen LogP contribution in [0.4, 0.5) is 0 Å². The lowest BCUT2D eigenvalue weighted by Gasteiger charge is -2.20. The largest absolute Gasteiger partial charge is 0.478 e. The van der Waals surface area contributed by atoms with E-state index in [1.807, 2.05) is 26.0 Å². The van der Waals surface area contributed by atoms with E-state index < -0.39 is 6.10 Å². The summed E-state index contributed by atoms with van der Waals surface area (Å²) in [7, 11) is 0. The van der Waals surface area contributed by atoms with Crippen molar-refractivity contribution in [2.45, 2.75) is 39.8 Å². The highest BCUT2D eigenvalue weighted by Crippen LogP contribution is 2.29. The molecule has 4 nitrogen and oxygen atoms in total. The molecule has 106 valence electrons. The minimum Gasteiger partial charge on any atom is -0.478 e. The van der Waals surface area contributed by atoms with Crippen molar-refractivity contribution >= 4 is 21.9 Å². The van der Waals surface area contributed by atoms with Gasteiger partial charge < -0.3 is 15.2 Å². The minimum absolute atomic E-state index is 0.338. The van der Waals surface area contributed by atoms with Crippen LogP contribution in [0.1, 0.15) is 31.4 Å². The van der Waals surface area contributed by atoms with Crippen LogP contribution >= 0.6 is 15.9 Å². The van der Waals surface area contributed by atoms with E-state index in [0.29, 0.717) is 25.3 Å². The van der Waals surface area contributed by atoms with Crippen LogP contribution in [0, 0.1) is 6.92 Å². The van der Waals surface area contributed by atoms with Crippen molar-refractivity contribution in [1.82, 2.24) is 0 Å². The van der Waals surface area contributed by atoms with Gasteiger partial charge in [-0.25, -0.2) is 4.79 Å². The topological polar surface area (TPSA) is 61.5 Å². The molecule has 0 saturated heterocycles. The van der Waals surface area contributed by atoms with Crippen LogP contribution in [0.25, 0.3) is 0 Å². The lowest BCUT2D eigenvalue weighted by atomic mass is 10.1. The normalized spacial score (nSPS) is 12.1. The summed E-state index contributed by atoms with van der Waals surface area (Å²) in [5.41, 5.74) is 7.54. The molecule has 0 saturated carbocycles. The molecule has 0 fully saturated rings. The van der Waals surface area contributed by atoms with Crippen molar-refractivity contribution in [3.63, 3.8) is 0 Å². The van der Waals surface area contributed by atoms with Gasteiger partial charge in [0.1, 0.15) is 5.75 Å². The van der Waals surface area contributed by atoms with Crippen molar-refractivity contribution in [1.29, 1.82) is 0 Å². The van der Waals surface area contributed by atoms with Gasteiger partial charge in [-0.3, -0.25) is 0 Å². The Balaban J connectivity index is 2.99. The molecular formula is C14H20BrNO3. The van der Waals surface area contributed by atoms with Gasteiger partial charge in [0.25, 0.3) is 0 Å². The number of carbonyl (C=O) groups excluding carboxylic acids is 1. The summed E-state index contributed by atoms with van der Waals surface area (Å²) >= 11 is 3.42. The van der Waals surface area contributed by atoms with Crippen LogP contribution < -0.4 is 10.5 Å². The fraction of sp³-hybridized carbons (Fsp3) is 0.500. The van der Waals surface area contributed by atoms with E-state index in [1.165, 1.54) is 0 Å². The number of aryl methyl sites for hydroxylation is 1. The number of ether oxygens (including phenoxy) is 2. The summed E-state index contributed by atoms with van der Waals surface area (Å²) in [6, 6.07) is 3.84. The van der Waals surface area contributed by atoms with Gasteiger partial charge in [-0.2, -0.15) is 0 Å². The molecular weight excluding hydrogens is 310 g/mol. The van der Waals surface area contributed by atoms with E-state index in [9.17, 15) is 4.79 Å². The van der Waals surface area contributed by atoms with Crippen molar-refractivity contribution < 1.29 is 14.3 Å². The molecule has 5 heteroatoms. The summed E-state index contributed by atoms with van der Waals surface area (Å²) in [6.45, 7) is 6.30. The van der Waals surface area contributed by atoms with E-state index in [2.05, 4.69) is 15.9 Å². The van der Waals surface area contributed by atoms with E-state index in [0.717, 1.165) is 15.6 Å². The molecule has 1 rings (SSSR count). The third-order valence-corrected chi connectivity index (χ3v) is 3.17. The number of hydrogen-bond acceptors (Lipinski definition) is 4. The first kappa shape index (κ1) is 16.0. The first-order chi connectivity index (χ1) is 9.03. The smallest absolute Gasteiger partial charge is 0.347 e. The van der Waals surface area contributed by atoms with Crippen LogP contribution in [0.3, 0.4) is 0 Å². The second kappa shape index (κ2) is 7.50. The van der Waals surface area contributed by atoms with Crippen LogP contribution in [-0.2, 0) is 16.1 Å². The fourth-order valence-electron chi connectivity index (χ4n) is 1.80. The lowest BCUT2D eigenvalue weighted by molar-refractivity contribution is -0.151. The maximum Gasteiger partial charge on any atom is 0.347 e. The molecule has 0 heterocycles. The van der Waals surface area contributed by atoms with Gasteiger partial charge in [0.15, 0.2) is 6.10 Å². The van der Waals surface area contributed by atoms with E-state index in [1.54, 1.807) is 6.92 Å². The zero-order valence-corrected chi connectivity index (χ0v) is 13.1. The Kier molecular flexibility index (Phi) is 6.31. The molecule has 0 aliphatic rings. The molecule has 1 aromatic carbocycles. The van der Waals surface area contributed by atoms with E-state index >= 15 is 0 Å². The number of benzene rings is 1. The predicted octanol–water partition coefficient (Wildman–Crippen LogP) is 2.94. The quantitative estimate of drug-likeness (QED) is 0.815. The third-order valence-electron chi connectivity index (χ3n) is 2.72. The second-order valence-corrected chi connectivity index (χ2v) is 5.10. The summed E-state index contributed by atoms with van der Waals surface area (Å²) in [6.07, 6.45) is -0.0386. The van der Waals surface area contributed by atoms with Gasteiger partial charge in [-0.15, -0.1) is 0 Å². The number of rotatable bonds is 6. The Morgan fingerprint density at radius 3 is 2.63 bits per heavy atom. The monoisotopic (exact) mass is 329 g/mol. The van der Waals surface area contributed by atoms with Gasteiger partial charge in [0.2, 0.25) is 0 Å². The minimum atomic E-state index is -0.592. The molecule has 1 atom stereocenters. The lowest BCUT2D eigenvalue weighted by Crippen LogP contribution is -2.29. The molecule has 0 aliphatic heterocycles. The highest BCUT2D eigenvalue weighted by molar-refractivity contribution is 9.10. The molecule has 0 bridgehead atoms. The van der Waals surface area contributed by atoms with Gasteiger partial charge in [0.05, 0.1) is 6.61 Å². The first-order valence-corrected chi connectivity index (χ1v) is 7.15. The van der Waals surface area contributed by atoms with Crippen LogP contribution in [0.5, 0.6) is 5.75 Å². The molecule has 0 aromatic heterocycles. The first-order valence-electron chi connectivity index (χ1n) is 6.35. The molecule has 0 aliphatic carbocycles. The van der Waals surface area contributed by atoms with E-state index in [4.69, 9.17) is 15.2 Å². The molecule has 2 N–H and O–H groups in total. The standard InChI is InChI=1S/C14H20BrNO3/c1-4-12(14(17)18-5-2)19-13-9(3)6-11(15)7-10(13)8-16/h6-7,12H,4-5,8,16H2,1-3H3. The van der Waals surface area contributed by atoms with Crippen molar-refractivity contribution in [3.05, 3.63) is 27.7 Å². The molecule has 19 heavy (non-hydrogen) atoms. The van der Waals surface area contributed by atoms with Crippen LogP contribution in [0.15, 0.2) is 16.6 Å². The summed E-state index contributed by atoms with van der Waals surface area (Å²) in [4.78, 5) is 11.8. The summed E-state index contributed by atoms with van der Waals surface area (Å²) in [5.74, 6) is 0.334. The maximum absolute atomic E-state index is 11.8. The highest BCUT2D eigenvalue weighted by atomic mass is 79.9. The molecule has 0 amide bonds. The van der Waals surface area contributed by atoms with Crippen molar-refractivity contribution in [2.75, 3.05) is 6.61 Å². The molecule has 1 unspecified atom stereocenters. The third kappa shape index (κ3) is 4.21. The Bertz CT molecular complexity index is 449. The Hall–Kier alpha value is -1.07. The van der Waals surface area contributed by atoms with Crippen LogP contribution in [0.2, 0.25) is 0 Å². The van der Waals surface area contributed by atoms with Gasteiger partial charge in [-0.1, -0.05) is 22.9 Å². The number of carbonyl (C=O) groups is 1. The SMILES string of the molecule is CCOC(=O)C(CC)Oc1c(C)cc(Br)cc1CN. The zero-order chi connectivity index (χ0) is 14.4.